The largest absolute Gasteiger partial charge is 0.352 e. The molecule has 0 aliphatic rings. The van der Waals surface area contributed by atoms with Crippen molar-refractivity contribution in [3.63, 3.8) is 0 Å². The highest BCUT2D eigenvalue weighted by molar-refractivity contribution is 7.92. The molecule has 1 N–H and O–H groups in total. The molecule has 0 aliphatic heterocycles. The summed E-state index contributed by atoms with van der Waals surface area (Å²) in [6.07, 6.45) is 1.32. The lowest BCUT2D eigenvalue weighted by Gasteiger charge is -2.33. The zero-order valence-corrected chi connectivity index (χ0v) is 22.5. The molecule has 2 rings (SSSR count). The van der Waals surface area contributed by atoms with Crippen molar-refractivity contribution < 1.29 is 18.0 Å². The maximum absolute atomic E-state index is 13.6. The highest BCUT2D eigenvalue weighted by Crippen LogP contribution is 2.25. The summed E-state index contributed by atoms with van der Waals surface area (Å²) in [5.74, 6) is -0.910. The molecule has 0 bridgehead atoms. The zero-order chi connectivity index (χ0) is 25.6. The van der Waals surface area contributed by atoms with Crippen molar-refractivity contribution in [1.82, 2.24) is 10.2 Å². The fourth-order valence-electron chi connectivity index (χ4n) is 3.38. The molecule has 0 saturated heterocycles. The maximum atomic E-state index is 13.6. The third-order valence-corrected chi connectivity index (χ3v) is 6.91. The average Bonchev–Trinajstić information content (AvgIpc) is 2.71. The molecule has 11 heteroatoms. The van der Waals surface area contributed by atoms with E-state index in [-0.39, 0.29) is 24.2 Å². The van der Waals surface area contributed by atoms with Crippen molar-refractivity contribution in [3.8, 4) is 0 Å². The van der Waals surface area contributed by atoms with Crippen LogP contribution in [0, 0.1) is 0 Å². The molecule has 0 heterocycles. The van der Waals surface area contributed by atoms with Gasteiger partial charge in [-0.2, -0.15) is 0 Å². The van der Waals surface area contributed by atoms with Gasteiger partial charge in [0.1, 0.15) is 12.6 Å². The first-order chi connectivity index (χ1) is 15.8. The maximum Gasteiger partial charge on any atom is 0.244 e. The van der Waals surface area contributed by atoms with Crippen LogP contribution in [0.15, 0.2) is 42.5 Å². The van der Waals surface area contributed by atoms with E-state index in [1.165, 1.54) is 11.0 Å². The first-order valence-corrected chi connectivity index (χ1v) is 13.6. The highest BCUT2D eigenvalue weighted by atomic mass is 35.5. The summed E-state index contributed by atoms with van der Waals surface area (Å²) in [5, 5.41) is 3.91. The van der Waals surface area contributed by atoms with E-state index in [1.54, 1.807) is 43.3 Å². The summed E-state index contributed by atoms with van der Waals surface area (Å²) in [4.78, 5) is 27.9. The number of sulfonamides is 1. The number of hydrogen-bond donors (Lipinski definition) is 1. The summed E-state index contributed by atoms with van der Waals surface area (Å²) >= 11 is 18.4. The van der Waals surface area contributed by atoms with Gasteiger partial charge in [0.25, 0.3) is 0 Å². The first kappa shape index (κ1) is 28.2. The van der Waals surface area contributed by atoms with Gasteiger partial charge in [-0.3, -0.25) is 13.9 Å². The fourth-order valence-corrected chi connectivity index (χ4v) is 4.87. The monoisotopic (exact) mass is 547 g/mol. The number of halogens is 3. The van der Waals surface area contributed by atoms with Gasteiger partial charge in [0, 0.05) is 27.7 Å². The zero-order valence-electron chi connectivity index (χ0n) is 19.4. The Bertz CT molecular complexity index is 1140. The van der Waals surface area contributed by atoms with Crippen LogP contribution < -0.4 is 9.62 Å². The quantitative estimate of drug-likeness (QED) is 0.464. The van der Waals surface area contributed by atoms with Crippen molar-refractivity contribution in [2.45, 2.75) is 45.8 Å². The Morgan fingerprint density at radius 2 is 1.68 bits per heavy atom. The molecule has 0 saturated carbocycles. The SMILES string of the molecule is CC[C@H](C(=O)NC(C)C)N(Cc1ccc(Cl)cc1Cl)C(=O)CN(c1cccc(Cl)c1)S(C)(=O)=O. The molecular formula is C23H28Cl3N3O4S. The van der Waals surface area contributed by atoms with Crippen LogP contribution in [0.25, 0.3) is 0 Å². The number of rotatable bonds is 10. The van der Waals surface area contributed by atoms with Crippen molar-refractivity contribution in [2.24, 2.45) is 0 Å². The minimum absolute atomic E-state index is 0.00793. The van der Waals surface area contributed by atoms with Gasteiger partial charge in [-0.1, -0.05) is 53.9 Å². The van der Waals surface area contributed by atoms with E-state index in [0.29, 0.717) is 27.1 Å². The van der Waals surface area contributed by atoms with E-state index < -0.39 is 28.5 Å². The van der Waals surface area contributed by atoms with Gasteiger partial charge in [-0.25, -0.2) is 8.42 Å². The molecule has 2 aromatic carbocycles. The van der Waals surface area contributed by atoms with Crippen molar-refractivity contribution in [1.29, 1.82) is 0 Å². The molecule has 0 spiro atoms. The van der Waals surface area contributed by atoms with Gasteiger partial charge < -0.3 is 10.2 Å². The molecule has 7 nitrogen and oxygen atoms in total. The summed E-state index contributed by atoms with van der Waals surface area (Å²) in [6, 6.07) is 10.1. The minimum atomic E-state index is -3.84. The van der Waals surface area contributed by atoms with Gasteiger partial charge in [-0.05, 0) is 56.2 Å². The predicted molar refractivity (Wildman–Crippen MR) is 138 cm³/mol. The smallest absolute Gasteiger partial charge is 0.244 e. The predicted octanol–water partition coefficient (Wildman–Crippen LogP) is 4.74. The standard InChI is InChI=1S/C23H28Cl3N3O4S/c1-5-21(23(31)27-15(2)3)28(13-16-9-10-18(25)12-20(16)26)22(30)14-29(34(4,32)33)19-8-6-7-17(24)11-19/h6-12,15,21H,5,13-14H2,1-4H3,(H,27,31)/t21-/m1/s1. The van der Waals surface area contributed by atoms with E-state index in [4.69, 9.17) is 34.8 Å². The second-order valence-corrected chi connectivity index (χ2v) is 11.3. The highest BCUT2D eigenvalue weighted by Gasteiger charge is 2.32. The number of nitrogens with one attached hydrogen (secondary N) is 1. The molecule has 0 radical (unpaired) electrons. The third kappa shape index (κ3) is 7.77. The van der Waals surface area contributed by atoms with Crippen LogP contribution in [0.4, 0.5) is 5.69 Å². The van der Waals surface area contributed by atoms with Crippen LogP contribution in [0.1, 0.15) is 32.8 Å². The van der Waals surface area contributed by atoms with Crippen LogP contribution in [-0.2, 0) is 26.2 Å². The summed E-state index contributed by atoms with van der Waals surface area (Å²) < 4.78 is 26.1. The van der Waals surface area contributed by atoms with Crippen LogP contribution >= 0.6 is 34.8 Å². The third-order valence-electron chi connectivity index (χ3n) is 4.95. The second kappa shape index (κ2) is 12.1. The molecule has 186 valence electrons. The van der Waals surface area contributed by atoms with Crippen molar-refractivity contribution >= 4 is 62.3 Å². The molecule has 1 atom stereocenters. The number of hydrogen-bond acceptors (Lipinski definition) is 4. The van der Waals surface area contributed by atoms with E-state index >= 15 is 0 Å². The Labute approximate surface area is 216 Å². The van der Waals surface area contributed by atoms with Gasteiger partial charge in [0.15, 0.2) is 0 Å². The minimum Gasteiger partial charge on any atom is -0.352 e. The van der Waals surface area contributed by atoms with E-state index in [1.807, 2.05) is 13.8 Å². The first-order valence-electron chi connectivity index (χ1n) is 10.6. The van der Waals surface area contributed by atoms with E-state index in [9.17, 15) is 18.0 Å². The van der Waals surface area contributed by atoms with Crippen molar-refractivity contribution in [3.05, 3.63) is 63.1 Å². The lowest BCUT2D eigenvalue weighted by Crippen LogP contribution is -2.53. The number of anilines is 1. The number of amides is 2. The molecule has 2 amide bonds. The molecule has 34 heavy (non-hydrogen) atoms. The lowest BCUT2D eigenvalue weighted by atomic mass is 10.1. The number of carbonyl (C=O) groups is 2. The second-order valence-electron chi connectivity index (χ2n) is 8.09. The summed E-state index contributed by atoms with van der Waals surface area (Å²) in [6.45, 7) is 4.89. The van der Waals surface area contributed by atoms with Crippen molar-refractivity contribution in [2.75, 3.05) is 17.1 Å². The Morgan fingerprint density at radius 3 is 2.21 bits per heavy atom. The van der Waals surface area contributed by atoms with Gasteiger partial charge in [-0.15, -0.1) is 0 Å². The Balaban J connectivity index is 2.48. The summed E-state index contributed by atoms with van der Waals surface area (Å²) in [7, 11) is -3.84. The molecule has 0 unspecified atom stereocenters. The molecule has 2 aromatic rings. The molecule has 0 fully saturated rings. The van der Waals surface area contributed by atoms with Crippen LogP contribution in [-0.4, -0.2) is 50.0 Å². The van der Waals surface area contributed by atoms with Gasteiger partial charge >= 0.3 is 0 Å². The fraction of sp³-hybridized carbons (Fsp3) is 0.391. The van der Waals surface area contributed by atoms with Gasteiger partial charge in [0.2, 0.25) is 21.8 Å². The van der Waals surface area contributed by atoms with Gasteiger partial charge in [0.05, 0.1) is 11.9 Å². The Hall–Kier alpha value is -2.00. The number of benzene rings is 2. The lowest BCUT2D eigenvalue weighted by molar-refractivity contribution is -0.140. The van der Waals surface area contributed by atoms with E-state index in [0.717, 1.165) is 10.6 Å². The van der Waals surface area contributed by atoms with Crippen LogP contribution in [0.5, 0.6) is 0 Å². The normalized spacial score (nSPS) is 12.4. The summed E-state index contributed by atoms with van der Waals surface area (Å²) in [5.41, 5.74) is 0.816. The molecule has 0 aliphatic carbocycles. The average molecular weight is 549 g/mol. The van der Waals surface area contributed by atoms with Crippen LogP contribution in [0.2, 0.25) is 15.1 Å². The topological polar surface area (TPSA) is 86.8 Å². The van der Waals surface area contributed by atoms with E-state index in [2.05, 4.69) is 5.32 Å². The Morgan fingerprint density at radius 1 is 1.03 bits per heavy atom. The van der Waals surface area contributed by atoms with Crippen LogP contribution in [0.3, 0.4) is 0 Å². The molecule has 0 aromatic heterocycles. The number of nitrogens with zero attached hydrogens (tertiary/aromatic N) is 2. The number of carbonyl (C=O) groups excluding carboxylic acids is 2. The molecular weight excluding hydrogens is 521 g/mol. The Kier molecular flexibility index (Phi) is 10.1.